The highest BCUT2D eigenvalue weighted by Gasteiger charge is 2.20. The summed E-state index contributed by atoms with van der Waals surface area (Å²) in [5.74, 6) is -0.103. The van der Waals surface area contributed by atoms with Gasteiger partial charge in [-0.15, -0.1) is 31.2 Å². The zero-order chi connectivity index (χ0) is 15.4. The average Bonchev–Trinajstić information content (AvgIpc) is 2.47. The first-order valence-electron chi connectivity index (χ1n) is 5.87. The van der Waals surface area contributed by atoms with E-state index >= 15 is 0 Å². The van der Waals surface area contributed by atoms with Crippen molar-refractivity contribution >= 4 is 36.8 Å². The number of aromatic carboxylic acids is 2. The molecular weight excluding hydrogens is 343 g/mol. The van der Waals surface area contributed by atoms with E-state index in [1.54, 1.807) is 18.2 Å². The van der Waals surface area contributed by atoms with Crippen LogP contribution >= 0.6 is 24.8 Å². The number of carbonyl (C=O) groups is 2. The fourth-order valence-electron chi connectivity index (χ4n) is 1.75. The van der Waals surface area contributed by atoms with Crippen molar-refractivity contribution in [1.29, 1.82) is 0 Å². The van der Waals surface area contributed by atoms with Crippen LogP contribution in [0.1, 0.15) is 26.3 Å². The van der Waals surface area contributed by atoms with Gasteiger partial charge >= 0.3 is 11.9 Å². The van der Waals surface area contributed by atoms with E-state index in [4.69, 9.17) is 21.4 Å². The van der Waals surface area contributed by atoms with Gasteiger partial charge in [0.05, 0.1) is 0 Å². The van der Waals surface area contributed by atoms with Gasteiger partial charge in [-0.1, -0.05) is 18.1 Å². The molecule has 0 aliphatic carbocycles. The minimum absolute atomic E-state index is 0. The second kappa shape index (κ2) is 8.69. The Hall–Kier alpha value is -2.68. The molecule has 0 heterocycles. The summed E-state index contributed by atoms with van der Waals surface area (Å²) in [4.78, 5) is 22.4. The van der Waals surface area contributed by atoms with Crippen LogP contribution < -0.4 is 4.74 Å². The Bertz CT molecular complexity index is 733. The highest BCUT2D eigenvalue weighted by molar-refractivity contribution is 5.98. The molecule has 0 bridgehead atoms. The molecule has 0 aliphatic heterocycles. The lowest BCUT2D eigenvalue weighted by Crippen LogP contribution is -2.06. The van der Waals surface area contributed by atoms with Crippen LogP contribution in [0.15, 0.2) is 42.5 Å². The quantitative estimate of drug-likeness (QED) is 0.817. The molecule has 120 valence electrons. The zero-order valence-corrected chi connectivity index (χ0v) is 13.2. The van der Waals surface area contributed by atoms with Gasteiger partial charge in [0.25, 0.3) is 0 Å². The lowest BCUT2D eigenvalue weighted by atomic mass is 10.1. The van der Waals surface area contributed by atoms with Gasteiger partial charge in [-0.25, -0.2) is 9.59 Å². The molecule has 2 rings (SSSR count). The number of hydrogen-bond donors (Lipinski definition) is 2. The maximum atomic E-state index is 11.2. The molecule has 2 N–H and O–H groups in total. The van der Waals surface area contributed by atoms with Crippen LogP contribution in [0.4, 0.5) is 0 Å². The number of ether oxygens (including phenoxy) is 1. The second-order valence-corrected chi connectivity index (χ2v) is 4.07. The molecular formula is C16H12Cl2O5. The fraction of sp³-hybridized carbons (Fsp3) is 0. The maximum absolute atomic E-state index is 11.2. The summed E-state index contributed by atoms with van der Waals surface area (Å²) < 4.78 is 5.45. The minimum Gasteiger partial charge on any atom is -0.478 e. The van der Waals surface area contributed by atoms with Crippen LogP contribution in [0.3, 0.4) is 0 Å². The molecule has 0 aliphatic rings. The summed E-state index contributed by atoms with van der Waals surface area (Å²) in [6.45, 7) is 0. The monoisotopic (exact) mass is 354 g/mol. The van der Waals surface area contributed by atoms with E-state index in [2.05, 4.69) is 5.92 Å². The number of carboxylic acid groups (broad SMARTS) is 2. The van der Waals surface area contributed by atoms with Crippen molar-refractivity contribution in [3.8, 4) is 23.8 Å². The Morgan fingerprint density at radius 1 is 0.957 bits per heavy atom. The largest absolute Gasteiger partial charge is 0.478 e. The number of para-hydroxylation sites is 1. The summed E-state index contributed by atoms with van der Waals surface area (Å²) in [6, 6.07) is 10.3. The molecule has 23 heavy (non-hydrogen) atoms. The Morgan fingerprint density at radius 3 is 1.96 bits per heavy atom. The van der Waals surface area contributed by atoms with Crippen LogP contribution in [0.25, 0.3) is 0 Å². The third kappa shape index (κ3) is 4.65. The zero-order valence-electron chi connectivity index (χ0n) is 11.6. The van der Waals surface area contributed by atoms with Crippen molar-refractivity contribution in [2.75, 3.05) is 0 Å². The van der Waals surface area contributed by atoms with Crippen LogP contribution in [0.5, 0.6) is 11.5 Å². The summed E-state index contributed by atoms with van der Waals surface area (Å²) in [6.07, 6.45) is 5.27. The topological polar surface area (TPSA) is 83.8 Å². The van der Waals surface area contributed by atoms with Crippen molar-refractivity contribution in [3.05, 3.63) is 59.2 Å². The van der Waals surface area contributed by atoms with Crippen molar-refractivity contribution in [2.45, 2.75) is 0 Å². The van der Waals surface area contributed by atoms with Crippen molar-refractivity contribution in [1.82, 2.24) is 0 Å². The normalized spacial score (nSPS) is 8.83. The lowest BCUT2D eigenvalue weighted by molar-refractivity contribution is 0.0692. The summed E-state index contributed by atoms with van der Waals surface area (Å²) in [5.41, 5.74) is 0.0687. The first kappa shape index (κ1) is 20.3. The van der Waals surface area contributed by atoms with Gasteiger partial charge in [0.2, 0.25) is 0 Å². The van der Waals surface area contributed by atoms with Gasteiger partial charge in [0, 0.05) is 5.56 Å². The highest BCUT2D eigenvalue weighted by Crippen LogP contribution is 2.30. The van der Waals surface area contributed by atoms with Gasteiger partial charge in [0.15, 0.2) is 5.75 Å². The van der Waals surface area contributed by atoms with Gasteiger partial charge < -0.3 is 14.9 Å². The summed E-state index contributed by atoms with van der Waals surface area (Å²) >= 11 is 0. The smallest absolute Gasteiger partial charge is 0.339 e. The summed E-state index contributed by atoms with van der Waals surface area (Å²) in [7, 11) is 0. The molecule has 0 saturated carbocycles. The number of carboxylic acids is 2. The molecule has 0 atom stereocenters. The van der Waals surface area contributed by atoms with E-state index < -0.39 is 11.9 Å². The van der Waals surface area contributed by atoms with Gasteiger partial charge in [-0.05, 0) is 30.3 Å². The molecule has 2 aromatic carbocycles. The minimum atomic E-state index is -1.28. The van der Waals surface area contributed by atoms with E-state index in [0.717, 1.165) is 0 Å². The predicted octanol–water partition coefficient (Wildman–Crippen LogP) is 3.70. The third-order valence-corrected chi connectivity index (χ3v) is 2.70. The molecule has 0 spiro atoms. The maximum Gasteiger partial charge on any atom is 0.339 e. The molecule has 0 unspecified atom stereocenters. The molecule has 0 radical (unpaired) electrons. The standard InChI is InChI=1S/C16H10O5.2ClH/c1-2-10-5-3-6-11(9-10)21-14-12(15(17)18)7-4-8-13(14)16(19)20;;/h1,3-9H,(H,17,18)(H,19,20);2*1H. The number of rotatable bonds is 4. The van der Waals surface area contributed by atoms with Crippen LogP contribution in [-0.2, 0) is 0 Å². The number of benzene rings is 2. The Morgan fingerprint density at radius 2 is 1.48 bits per heavy atom. The van der Waals surface area contributed by atoms with Crippen molar-refractivity contribution in [2.24, 2.45) is 0 Å². The van der Waals surface area contributed by atoms with Crippen LogP contribution in [-0.4, -0.2) is 22.2 Å². The molecule has 7 heteroatoms. The Labute approximate surface area is 144 Å². The van der Waals surface area contributed by atoms with E-state index in [1.807, 2.05) is 0 Å². The first-order valence-corrected chi connectivity index (χ1v) is 5.87. The highest BCUT2D eigenvalue weighted by atomic mass is 35.5. The van der Waals surface area contributed by atoms with Gasteiger partial charge in [-0.2, -0.15) is 0 Å². The number of hydrogen-bond acceptors (Lipinski definition) is 3. The van der Waals surface area contributed by atoms with Crippen LogP contribution in [0, 0.1) is 12.3 Å². The lowest BCUT2D eigenvalue weighted by Gasteiger charge is -2.11. The first-order chi connectivity index (χ1) is 10.0. The fourth-order valence-corrected chi connectivity index (χ4v) is 1.75. The van der Waals surface area contributed by atoms with Crippen molar-refractivity contribution in [3.63, 3.8) is 0 Å². The summed E-state index contributed by atoms with van der Waals surface area (Å²) in [5, 5.41) is 18.3. The van der Waals surface area contributed by atoms with E-state index in [9.17, 15) is 9.59 Å². The van der Waals surface area contributed by atoms with Crippen molar-refractivity contribution < 1.29 is 24.5 Å². The molecule has 2 aromatic rings. The predicted molar refractivity (Wildman–Crippen MR) is 89.3 cm³/mol. The molecule has 0 fully saturated rings. The molecule has 0 saturated heterocycles. The Kier molecular flexibility index (Phi) is 7.68. The SMILES string of the molecule is C#Cc1cccc(Oc2c(C(=O)O)cccc2C(=O)O)c1.Cl.Cl. The van der Waals surface area contributed by atoms with Gasteiger partial charge in [-0.3, -0.25) is 0 Å². The Balaban J connectivity index is 0.00000242. The number of halogens is 2. The molecule has 0 aromatic heterocycles. The van der Waals surface area contributed by atoms with Crippen LogP contribution in [0.2, 0.25) is 0 Å². The molecule has 5 nitrogen and oxygen atoms in total. The van der Waals surface area contributed by atoms with Gasteiger partial charge in [0.1, 0.15) is 16.9 Å². The number of terminal acetylenes is 1. The molecule has 0 amide bonds. The van der Waals surface area contributed by atoms with E-state index in [1.165, 1.54) is 24.3 Å². The third-order valence-electron chi connectivity index (χ3n) is 2.70. The van der Waals surface area contributed by atoms with E-state index in [0.29, 0.717) is 5.56 Å². The average molecular weight is 355 g/mol. The second-order valence-electron chi connectivity index (χ2n) is 4.07. The van der Waals surface area contributed by atoms with E-state index in [-0.39, 0.29) is 47.4 Å².